The van der Waals surface area contributed by atoms with Crippen LogP contribution in [-0.2, 0) is 6.42 Å². The maximum Gasteiger partial charge on any atom is 0.287 e. The standard InChI is InChI=1S/C14H13FN2O/c1-8-12(15)14(18)17-13(16-8)11-7-6-9-4-2-3-5-10(9)11/h2-5,11H,6-7H2,1H3,(H,16,17,18). The van der Waals surface area contributed by atoms with E-state index in [2.05, 4.69) is 16.0 Å². The van der Waals surface area contributed by atoms with E-state index >= 15 is 0 Å². The summed E-state index contributed by atoms with van der Waals surface area (Å²) in [4.78, 5) is 18.2. The molecule has 92 valence electrons. The Morgan fingerprint density at radius 3 is 2.94 bits per heavy atom. The van der Waals surface area contributed by atoms with Crippen LogP contribution in [-0.4, -0.2) is 9.97 Å². The van der Waals surface area contributed by atoms with E-state index in [1.807, 2.05) is 18.2 Å². The highest BCUT2D eigenvalue weighted by Crippen LogP contribution is 2.35. The highest BCUT2D eigenvalue weighted by atomic mass is 19.1. The molecule has 1 aliphatic carbocycles. The van der Waals surface area contributed by atoms with E-state index in [4.69, 9.17) is 0 Å². The van der Waals surface area contributed by atoms with Gasteiger partial charge in [-0.1, -0.05) is 24.3 Å². The topological polar surface area (TPSA) is 45.8 Å². The molecule has 1 unspecified atom stereocenters. The fourth-order valence-electron chi connectivity index (χ4n) is 2.60. The Bertz CT molecular complexity index is 663. The van der Waals surface area contributed by atoms with E-state index < -0.39 is 11.4 Å². The third-order valence-electron chi connectivity index (χ3n) is 3.51. The Morgan fingerprint density at radius 1 is 1.39 bits per heavy atom. The average Bonchev–Trinajstić information content (AvgIpc) is 2.79. The Hall–Kier alpha value is -1.97. The number of hydrogen-bond donors (Lipinski definition) is 1. The van der Waals surface area contributed by atoms with E-state index in [0.29, 0.717) is 5.82 Å². The summed E-state index contributed by atoms with van der Waals surface area (Å²) in [5.74, 6) is -0.137. The largest absolute Gasteiger partial charge is 0.307 e. The Kier molecular flexibility index (Phi) is 2.51. The van der Waals surface area contributed by atoms with Crippen molar-refractivity contribution in [1.82, 2.24) is 9.97 Å². The molecule has 1 atom stereocenters. The number of rotatable bonds is 1. The molecule has 1 N–H and O–H groups in total. The zero-order valence-electron chi connectivity index (χ0n) is 10.0. The minimum absolute atomic E-state index is 0.0770. The molecule has 0 bridgehead atoms. The molecule has 0 spiro atoms. The Morgan fingerprint density at radius 2 is 2.17 bits per heavy atom. The number of aromatic amines is 1. The first-order valence-electron chi connectivity index (χ1n) is 6.01. The van der Waals surface area contributed by atoms with Gasteiger partial charge < -0.3 is 4.98 Å². The second-order valence-electron chi connectivity index (χ2n) is 4.64. The molecule has 0 saturated heterocycles. The van der Waals surface area contributed by atoms with Gasteiger partial charge in [-0.25, -0.2) is 4.98 Å². The van der Waals surface area contributed by atoms with Crippen LogP contribution < -0.4 is 5.56 Å². The summed E-state index contributed by atoms with van der Waals surface area (Å²) in [6.07, 6.45) is 1.88. The number of nitrogens with one attached hydrogen (secondary N) is 1. The van der Waals surface area contributed by atoms with Crippen molar-refractivity contribution < 1.29 is 4.39 Å². The quantitative estimate of drug-likeness (QED) is 0.836. The van der Waals surface area contributed by atoms with E-state index in [1.165, 1.54) is 18.1 Å². The molecule has 1 heterocycles. The van der Waals surface area contributed by atoms with Gasteiger partial charge in [-0.2, -0.15) is 4.39 Å². The normalized spacial score (nSPS) is 17.8. The summed E-state index contributed by atoms with van der Waals surface area (Å²) in [7, 11) is 0. The van der Waals surface area contributed by atoms with Crippen LogP contribution in [0.5, 0.6) is 0 Å². The number of benzene rings is 1. The van der Waals surface area contributed by atoms with E-state index in [1.54, 1.807) is 0 Å². The molecule has 0 radical (unpaired) electrons. The number of fused-ring (bicyclic) bond motifs is 1. The molecule has 0 amide bonds. The minimum Gasteiger partial charge on any atom is -0.307 e. The van der Waals surface area contributed by atoms with Crippen LogP contribution in [0, 0.1) is 12.7 Å². The second-order valence-corrected chi connectivity index (χ2v) is 4.64. The lowest BCUT2D eigenvalue weighted by Gasteiger charge is -2.11. The molecule has 18 heavy (non-hydrogen) atoms. The van der Waals surface area contributed by atoms with Gasteiger partial charge in [0.1, 0.15) is 5.82 Å². The van der Waals surface area contributed by atoms with Crippen LogP contribution in [0.3, 0.4) is 0 Å². The van der Waals surface area contributed by atoms with E-state index in [0.717, 1.165) is 12.8 Å². The van der Waals surface area contributed by atoms with Crippen LogP contribution in [0.15, 0.2) is 29.1 Å². The number of hydrogen-bond acceptors (Lipinski definition) is 2. The van der Waals surface area contributed by atoms with Crippen LogP contribution in [0.4, 0.5) is 4.39 Å². The van der Waals surface area contributed by atoms with Crippen LogP contribution in [0.25, 0.3) is 0 Å². The molecule has 2 aromatic rings. The Labute approximate surface area is 104 Å². The number of halogens is 1. The van der Waals surface area contributed by atoms with Crippen LogP contribution in [0.2, 0.25) is 0 Å². The smallest absolute Gasteiger partial charge is 0.287 e. The van der Waals surface area contributed by atoms with Crippen molar-refractivity contribution in [2.24, 2.45) is 0 Å². The third kappa shape index (κ3) is 1.65. The van der Waals surface area contributed by atoms with Crippen molar-refractivity contribution in [3.8, 4) is 0 Å². The second kappa shape index (κ2) is 4.05. The number of nitrogens with zero attached hydrogens (tertiary/aromatic N) is 1. The average molecular weight is 244 g/mol. The number of aryl methyl sites for hydroxylation is 2. The van der Waals surface area contributed by atoms with Gasteiger partial charge in [-0.05, 0) is 30.9 Å². The van der Waals surface area contributed by atoms with Gasteiger partial charge in [0.25, 0.3) is 5.56 Å². The van der Waals surface area contributed by atoms with Crippen molar-refractivity contribution in [3.63, 3.8) is 0 Å². The molecular weight excluding hydrogens is 231 g/mol. The first-order chi connectivity index (χ1) is 8.66. The molecule has 0 fully saturated rings. The third-order valence-corrected chi connectivity index (χ3v) is 3.51. The lowest BCUT2D eigenvalue weighted by atomic mass is 10.0. The summed E-state index contributed by atoms with van der Waals surface area (Å²) in [5.41, 5.74) is 1.96. The molecule has 3 nitrogen and oxygen atoms in total. The van der Waals surface area contributed by atoms with Crippen molar-refractivity contribution >= 4 is 0 Å². The first kappa shape index (κ1) is 11.1. The van der Waals surface area contributed by atoms with Gasteiger partial charge in [-0.15, -0.1) is 0 Å². The van der Waals surface area contributed by atoms with Gasteiger partial charge in [-0.3, -0.25) is 4.79 Å². The maximum atomic E-state index is 13.3. The molecule has 3 rings (SSSR count). The highest BCUT2D eigenvalue weighted by Gasteiger charge is 2.26. The van der Waals surface area contributed by atoms with Gasteiger partial charge in [0.2, 0.25) is 5.82 Å². The summed E-state index contributed by atoms with van der Waals surface area (Å²) < 4.78 is 13.3. The van der Waals surface area contributed by atoms with Crippen LogP contribution in [0.1, 0.15) is 35.0 Å². The minimum atomic E-state index is -0.787. The fourth-order valence-corrected chi connectivity index (χ4v) is 2.60. The fraction of sp³-hybridized carbons (Fsp3) is 0.286. The van der Waals surface area contributed by atoms with E-state index in [-0.39, 0.29) is 11.6 Å². The number of aromatic nitrogens is 2. The van der Waals surface area contributed by atoms with Gasteiger partial charge in [0.15, 0.2) is 0 Å². The summed E-state index contributed by atoms with van der Waals surface area (Å²) in [5, 5.41) is 0. The van der Waals surface area contributed by atoms with Gasteiger partial charge in [0.05, 0.1) is 5.69 Å². The maximum absolute atomic E-state index is 13.3. The van der Waals surface area contributed by atoms with Crippen molar-refractivity contribution in [2.45, 2.75) is 25.7 Å². The molecule has 0 aliphatic heterocycles. The van der Waals surface area contributed by atoms with Crippen molar-refractivity contribution in [2.75, 3.05) is 0 Å². The summed E-state index contributed by atoms with van der Waals surface area (Å²) in [6.45, 7) is 1.52. The SMILES string of the molecule is Cc1nc(C2CCc3ccccc32)[nH]c(=O)c1F. The molecule has 1 aliphatic rings. The van der Waals surface area contributed by atoms with Gasteiger partial charge in [0, 0.05) is 5.92 Å². The van der Waals surface area contributed by atoms with E-state index in [9.17, 15) is 9.18 Å². The molecule has 0 saturated carbocycles. The molecule has 1 aromatic heterocycles. The zero-order valence-corrected chi connectivity index (χ0v) is 10.0. The lowest BCUT2D eigenvalue weighted by molar-refractivity contribution is 0.575. The number of H-pyrrole nitrogens is 1. The monoisotopic (exact) mass is 244 g/mol. The molecule has 4 heteroatoms. The summed E-state index contributed by atoms with van der Waals surface area (Å²) >= 11 is 0. The lowest BCUT2D eigenvalue weighted by Crippen LogP contribution is -2.19. The Balaban J connectivity index is 2.11. The van der Waals surface area contributed by atoms with Crippen molar-refractivity contribution in [3.05, 3.63) is 63.1 Å². The highest BCUT2D eigenvalue weighted by molar-refractivity contribution is 5.38. The molecule has 1 aromatic carbocycles. The predicted molar refractivity (Wildman–Crippen MR) is 66.2 cm³/mol. The molecular formula is C14H13FN2O. The van der Waals surface area contributed by atoms with Gasteiger partial charge >= 0.3 is 0 Å². The van der Waals surface area contributed by atoms with Crippen molar-refractivity contribution in [1.29, 1.82) is 0 Å². The predicted octanol–water partition coefficient (Wildman–Crippen LogP) is 2.30. The zero-order chi connectivity index (χ0) is 12.7. The first-order valence-corrected chi connectivity index (χ1v) is 6.01. The summed E-state index contributed by atoms with van der Waals surface area (Å²) in [6, 6.07) is 8.12. The van der Waals surface area contributed by atoms with Crippen LogP contribution >= 0.6 is 0 Å².